The Bertz CT molecular complexity index is 1090. The van der Waals surface area contributed by atoms with Crippen LogP contribution in [0.25, 0.3) is 16.8 Å². The molecular weight excluding hydrogens is 399 g/mol. The Morgan fingerprint density at radius 2 is 1.93 bits per heavy atom. The number of amides is 1. The number of piperazine rings is 1. The van der Waals surface area contributed by atoms with Crippen molar-refractivity contribution in [2.24, 2.45) is 0 Å². The quantitative estimate of drug-likeness (QED) is 0.669. The third kappa shape index (κ3) is 2.92. The first kappa shape index (κ1) is 17.8. The number of carbonyl (C=O) groups is 1. The molecule has 8 heteroatoms. The van der Waals surface area contributed by atoms with Gasteiger partial charge in [0.05, 0.1) is 10.0 Å². The van der Waals surface area contributed by atoms with Crippen molar-refractivity contribution in [1.29, 1.82) is 0 Å². The van der Waals surface area contributed by atoms with Crippen LogP contribution >= 0.6 is 23.2 Å². The number of aromatic hydroxyl groups is 1. The molecule has 4 heterocycles. The summed E-state index contributed by atoms with van der Waals surface area (Å²) in [6.45, 7) is 1.45. The number of phenolic OH excluding ortho intramolecular Hbond substituents is 1. The fourth-order valence-electron chi connectivity index (χ4n) is 4.18. The number of halogens is 2. The molecule has 2 aliphatic heterocycles. The van der Waals surface area contributed by atoms with Crippen LogP contribution in [0.5, 0.6) is 5.75 Å². The Hall–Kier alpha value is -2.28. The number of nitrogens with zero attached hydrogens (tertiary/aromatic N) is 3. The van der Waals surface area contributed by atoms with Crippen molar-refractivity contribution in [3.05, 3.63) is 52.4 Å². The first-order valence-corrected chi connectivity index (χ1v) is 9.96. The van der Waals surface area contributed by atoms with Gasteiger partial charge >= 0.3 is 0 Å². The molecule has 2 saturated heterocycles. The number of nitrogens with one attached hydrogen (secondary N) is 1. The predicted molar refractivity (Wildman–Crippen MR) is 108 cm³/mol. The van der Waals surface area contributed by atoms with Gasteiger partial charge in [-0.15, -0.1) is 0 Å². The van der Waals surface area contributed by atoms with E-state index < -0.39 is 0 Å². The summed E-state index contributed by atoms with van der Waals surface area (Å²) in [5, 5.41) is 14.4. The highest BCUT2D eigenvalue weighted by molar-refractivity contribution is 6.44. The maximum Gasteiger partial charge on any atom is 0.274 e. The first-order valence-electron chi connectivity index (χ1n) is 9.21. The molecular formula is C20H18Cl2N4O2. The smallest absolute Gasteiger partial charge is 0.274 e. The standard InChI is InChI=1S/C20H18Cl2N4O2/c21-14-3-4-16(27)18(19(14)22)11-5-6-25-10-15(24-17(25)7-11)20(28)26-8-12-1-2-13(9-26)23-12/h3-7,10,12-13,23,27H,1-2,8-9H2. The van der Waals surface area contributed by atoms with E-state index in [1.54, 1.807) is 28.9 Å². The van der Waals surface area contributed by atoms with Gasteiger partial charge in [0.2, 0.25) is 0 Å². The summed E-state index contributed by atoms with van der Waals surface area (Å²) in [5.74, 6) is -0.00909. The number of phenols is 1. The molecule has 2 unspecified atom stereocenters. The molecule has 2 fully saturated rings. The number of hydrogen-bond donors (Lipinski definition) is 2. The summed E-state index contributed by atoms with van der Waals surface area (Å²) in [6.07, 6.45) is 5.77. The maximum atomic E-state index is 12.9. The van der Waals surface area contributed by atoms with Crippen LogP contribution in [0.4, 0.5) is 0 Å². The zero-order chi connectivity index (χ0) is 19.4. The average Bonchev–Trinajstić information content (AvgIpc) is 3.26. The molecule has 28 heavy (non-hydrogen) atoms. The monoisotopic (exact) mass is 416 g/mol. The lowest BCUT2D eigenvalue weighted by atomic mass is 10.1. The second kappa shape index (κ2) is 6.65. The zero-order valence-corrected chi connectivity index (χ0v) is 16.4. The number of hydrogen-bond acceptors (Lipinski definition) is 4. The minimum Gasteiger partial charge on any atom is -0.507 e. The molecule has 5 rings (SSSR count). The van der Waals surface area contributed by atoms with Crippen molar-refractivity contribution in [3.8, 4) is 16.9 Å². The molecule has 2 aliphatic rings. The summed E-state index contributed by atoms with van der Waals surface area (Å²) in [7, 11) is 0. The van der Waals surface area contributed by atoms with Crippen LogP contribution < -0.4 is 5.32 Å². The van der Waals surface area contributed by atoms with Gasteiger partial charge in [-0.3, -0.25) is 4.79 Å². The molecule has 2 N–H and O–H groups in total. The number of carbonyl (C=O) groups excluding carboxylic acids is 1. The normalized spacial score (nSPS) is 21.4. The Labute approximate surface area is 171 Å². The Balaban J connectivity index is 1.49. The first-order chi connectivity index (χ1) is 13.5. The van der Waals surface area contributed by atoms with Gasteiger partial charge in [-0.2, -0.15) is 0 Å². The Kier molecular flexibility index (Phi) is 4.23. The average molecular weight is 417 g/mol. The lowest BCUT2D eigenvalue weighted by Gasteiger charge is -2.32. The lowest BCUT2D eigenvalue weighted by Crippen LogP contribution is -2.53. The maximum absolute atomic E-state index is 12.9. The van der Waals surface area contributed by atoms with Crippen molar-refractivity contribution in [2.45, 2.75) is 24.9 Å². The van der Waals surface area contributed by atoms with Crippen LogP contribution in [0.3, 0.4) is 0 Å². The molecule has 2 atom stereocenters. The van der Waals surface area contributed by atoms with Gasteiger partial charge in [0.15, 0.2) is 0 Å². The van der Waals surface area contributed by atoms with Crippen molar-refractivity contribution < 1.29 is 9.90 Å². The SMILES string of the molecule is O=C(c1cn2ccc(-c3c(O)ccc(Cl)c3Cl)cc2n1)N1CC2CCC(C1)N2. The van der Waals surface area contributed by atoms with Crippen LogP contribution in [-0.4, -0.2) is 50.5 Å². The molecule has 144 valence electrons. The highest BCUT2D eigenvalue weighted by Crippen LogP contribution is 2.40. The minimum atomic E-state index is -0.0488. The highest BCUT2D eigenvalue weighted by atomic mass is 35.5. The molecule has 3 aromatic rings. The molecule has 0 spiro atoms. The van der Waals surface area contributed by atoms with Gasteiger partial charge in [0.1, 0.15) is 17.1 Å². The molecule has 2 bridgehead atoms. The summed E-state index contributed by atoms with van der Waals surface area (Å²) < 4.78 is 1.79. The van der Waals surface area contributed by atoms with E-state index in [2.05, 4.69) is 10.3 Å². The molecule has 1 aromatic carbocycles. The van der Waals surface area contributed by atoms with Crippen molar-refractivity contribution in [1.82, 2.24) is 19.6 Å². The third-order valence-corrected chi connectivity index (χ3v) is 6.35. The predicted octanol–water partition coefficient (Wildman–Crippen LogP) is 3.59. The fraction of sp³-hybridized carbons (Fsp3) is 0.300. The molecule has 2 aromatic heterocycles. The second-order valence-corrected chi connectivity index (χ2v) is 8.20. The molecule has 0 radical (unpaired) electrons. The van der Waals surface area contributed by atoms with Crippen LogP contribution in [0, 0.1) is 0 Å². The number of likely N-dealkylation sites (tertiary alicyclic amines) is 1. The number of imidazole rings is 1. The number of rotatable bonds is 2. The van der Waals surface area contributed by atoms with E-state index in [1.807, 2.05) is 11.0 Å². The van der Waals surface area contributed by atoms with Gasteiger partial charge in [0, 0.05) is 43.1 Å². The van der Waals surface area contributed by atoms with E-state index >= 15 is 0 Å². The summed E-state index contributed by atoms with van der Waals surface area (Å²) in [6, 6.07) is 7.43. The molecule has 0 saturated carbocycles. The van der Waals surface area contributed by atoms with E-state index in [0.29, 0.717) is 39.6 Å². The van der Waals surface area contributed by atoms with E-state index in [1.165, 1.54) is 6.07 Å². The topological polar surface area (TPSA) is 69.9 Å². The van der Waals surface area contributed by atoms with Crippen LogP contribution in [0.15, 0.2) is 36.7 Å². The highest BCUT2D eigenvalue weighted by Gasteiger charge is 2.35. The molecule has 6 nitrogen and oxygen atoms in total. The van der Waals surface area contributed by atoms with Crippen molar-refractivity contribution in [3.63, 3.8) is 0 Å². The Morgan fingerprint density at radius 1 is 1.18 bits per heavy atom. The van der Waals surface area contributed by atoms with Gasteiger partial charge in [-0.1, -0.05) is 23.2 Å². The number of aromatic nitrogens is 2. The van der Waals surface area contributed by atoms with Gasteiger partial charge < -0.3 is 19.7 Å². The summed E-state index contributed by atoms with van der Waals surface area (Å²) in [4.78, 5) is 19.3. The number of fused-ring (bicyclic) bond motifs is 3. The van der Waals surface area contributed by atoms with E-state index in [9.17, 15) is 9.90 Å². The van der Waals surface area contributed by atoms with E-state index in [4.69, 9.17) is 23.2 Å². The van der Waals surface area contributed by atoms with Crippen LogP contribution in [0.1, 0.15) is 23.3 Å². The van der Waals surface area contributed by atoms with Gasteiger partial charge in [0.25, 0.3) is 5.91 Å². The fourth-order valence-corrected chi connectivity index (χ4v) is 4.61. The Morgan fingerprint density at radius 3 is 2.68 bits per heavy atom. The molecule has 1 amide bonds. The lowest BCUT2D eigenvalue weighted by molar-refractivity contribution is 0.0692. The van der Waals surface area contributed by atoms with Crippen molar-refractivity contribution >= 4 is 34.8 Å². The van der Waals surface area contributed by atoms with Crippen molar-refractivity contribution in [2.75, 3.05) is 13.1 Å². The van der Waals surface area contributed by atoms with Crippen LogP contribution in [0.2, 0.25) is 10.0 Å². The number of pyridine rings is 1. The summed E-state index contributed by atoms with van der Waals surface area (Å²) in [5.41, 5.74) is 2.16. The number of benzene rings is 1. The van der Waals surface area contributed by atoms with E-state index in [-0.39, 0.29) is 16.7 Å². The largest absolute Gasteiger partial charge is 0.507 e. The minimum absolute atomic E-state index is 0.0397. The summed E-state index contributed by atoms with van der Waals surface area (Å²) >= 11 is 12.4. The second-order valence-electron chi connectivity index (χ2n) is 7.41. The molecule has 0 aliphatic carbocycles. The van der Waals surface area contributed by atoms with Crippen LogP contribution in [-0.2, 0) is 0 Å². The van der Waals surface area contributed by atoms with E-state index in [0.717, 1.165) is 25.9 Å². The van der Waals surface area contributed by atoms with Gasteiger partial charge in [-0.25, -0.2) is 4.98 Å². The van der Waals surface area contributed by atoms with Gasteiger partial charge in [-0.05, 0) is 42.7 Å². The zero-order valence-electron chi connectivity index (χ0n) is 14.9. The third-order valence-electron chi connectivity index (χ3n) is 5.54.